The van der Waals surface area contributed by atoms with Gasteiger partial charge in [-0.25, -0.2) is 0 Å². The largest absolute Gasteiger partial charge is 0.496 e. The lowest BCUT2D eigenvalue weighted by molar-refractivity contribution is 0.0726. The van der Waals surface area contributed by atoms with Crippen LogP contribution in [0.1, 0.15) is 28.8 Å². The zero-order valence-electron chi connectivity index (χ0n) is 14.8. The second kappa shape index (κ2) is 7.47. The summed E-state index contributed by atoms with van der Waals surface area (Å²) < 4.78 is 16.1. The van der Waals surface area contributed by atoms with Gasteiger partial charge in [0.05, 0.1) is 26.9 Å². The molecule has 25 heavy (non-hydrogen) atoms. The van der Waals surface area contributed by atoms with Crippen molar-refractivity contribution in [1.82, 2.24) is 4.90 Å². The lowest BCUT2D eigenvalue weighted by atomic mass is 10.1. The van der Waals surface area contributed by atoms with E-state index >= 15 is 0 Å². The highest BCUT2D eigenvalue weighted by molar-refractivity contribution is 5.98. The fourth-order valence-electron chi connectivity index (χ4n) is 2.88. The molecule has 1 fully saturated rings. The summed E-state index contributed by atoms with van der Waals surface area (Å²) in [4.78, 5) is 15.1. The number of hydrogen-bond donors (Lipinski definition) is 0. The second-order valence-corrected chi connectivity index (χ2v) is 6.06. The number of carbonyl (C=O) groups excluding carboxylic acids is 1. The Kier molecular flexibility index (Phi) is 5.12. The summed E-state index contributed by atoms with van der Waals surface area (Å²) in [6, 6.07) is 13.7. The van der Waals surface area contributed by atoms with Crippen molar-refractivity contribution in [2.45, 2.75) is 25.4 Å². The van der Waals surface area contributed by atoms with E-state index in [1.165, 1.54) is 0 Å². The monoisotopic (exact) mass is 341 g/mol. The number of methoxy groups -OCH3 is 3. The van der Waals surface area contributed by atoms with Crippen molar-refractivity contribution in [2.75, 3.05) is 21.3 Å². The molecule has 2 aromatic carbocycles. The van der Waals surface area contributed by atoms with E-state index in [0.29, 0.717) is 29.4 Å². The minimum atomic E-state index is -0.0517. The van der Waals surface area contributed by atoms with Gasteiger partial charge in [0.2, 0.25) is 0 Å². The average Bonchev–Trinajstić information content (AvgIpc) is 3.50. The van der Waals surface area contributed by atoms with Gasteiger partial charge in [0.25, 0.3) is 5.91 Å². The molecule has 0 radical (unpaired) electrons. The first-order valence-corrected chi connectivity index (χ1v) is 8.32. The lowest BCUT2D eigenvalue weighted by Crippen LogP contribution is -2.32. The summed E-state index contributed by atoms with van der Waals surface area (Å²) in [7, 11) is 4.67. The molecule has 1 amide bonds. The fraction of sp³-hybridized carbons (Fsp3) is 0.350. The Morgan fingerprint density at radius 2 is 1.56 bits per heavy atom. The molecule has 1 aliphatic rings. The van der Waals surface area contributed by atoms with Crippen molar-refractivity contribution in [2.24, 2.45) is 0 Å². The molecule has 0 aliphatic heterocycles. The average molecular weight is 341 g/mol. The van der Waals surface area contributed by atoms with Gasteiger partial charge in [-0.1, -0.05) is 30.3 Å². The summed E-state index contributed by atoms with van der Waals surface area (Å²) in [5.74, 6) is 1.49. The van der Waals surface area contributed by atoms with Crippen LogP contribution in [0.25, 0.3) is 0 Å². The number of benzene rings is 2. The normalized spacial score (nSPS) is 13.2. The SMILES string of the molecule is COc1cc(OC)c(C(=O)N(Cc2ccccc2)C2CC2)cc1OC. The van der Waals surface area contributed by atoms with Crippen molar-refractivity contribution in [3.63, 3.8) is 0 Å². The first-order chi connectivity index (χ1) is 12.2. The predicted molar refractivity (Wildman–Crippen MR) is 95.4 cm³/mol. The molecule has 5 heteroatoms. The van der Waals surface area contributed by atoms with Gasteiger partial charge in [-0.2, -0.15) is 0 Å². The Hall–Kier alpha value is -2.69. The van der Waals surface area contributed by atoms with E-state index in [9.17, 15) is 4.79 Å². The molecule has 3 rings (SSSR count). The Morgan fingerprint density at radius 1 is 0.960 bits per heavy atom. The first kappa shape index (κ1) is 17.1. The Labute approximate surface area is 148 Å². The molecule has 0 saturated heterocycles. The van der Waals surface area contributed by atoms with Crippen LogP contribution in [0.4, 0.5) is 0 Å². The molecule has 0 unspecified atom stereocenters. The van der Waals surface area contributed by atoms with E-state index in [1.54, 1.807) is 33.5 Å². The zero-order valence-corrected chi connectivity index (χ0v) is 14.8. The van der Waals surface area contributed by atoms with Crippen LogP contribution in [0.2, 0.25) is 0 Å². The topological polar surface area (TPSA) is 48.0 Å². The van der Waals surface area contributed by atoms with Gasteiger partial charge in [0, 0.05) is 24.7 Å². The first-order valence-electron chi connectivity index (χ1n) is 8.32. The summed E-state index contributed by atoms with van der Waals surface area (Å²) >= 11 is 0. The van der Waals surface area contributed by atoms with Crippen LogP contribution < -0.4 is 14.2 Å². The van der Waals surface area contributed by atoms with Crippen LogP contribution in [0.5, 0.6) is 17.2 Å². The van der Waals surface area contributed by atoms with Crippen molar-refractivity contribution in [3.05, 3.63) is 53.6 Å². The van der Waals surface area contributed by atoms with Gasteiger partial charge in [-0.3, -0.25) is 4.79 Å². The molecule has 0 N–H and O–H groups in total. The Morgan fingerprint density at radius 3 is 2.12 bits per heavy atom. The van der Waals surface area contributed by atoms with Gasteiger partial charge in [0.15, 0.2) is 11.5 Å². The molecule has 0 heterocycles. The number of carbonyl (C=O) groups is 1. The molecule has 132 valence electrons. The highest BCUT2D eigenvalue weighted by Gasteiger charge is 2.34. The lowest BCUT2D eigenvalue weighted by Gasteiger charge is -2.24. The van der Waals surface area contributed by atoms with Gasteiger partial charge in [-0.05, 0) is 18.4 Å². The molecule has 0 bridgehead atoms. The fourth-order valence-corrected chi connectivity index (χ4v) is 2.88. The van der Waals surface area contributed by atoms with Crippen LogP contribution in [-0.2, 0) is 6.54 Å². The molecular formula is C20H23NO4. The molecule has 5 nitrogen and oxygen atoms in total. The second-order valence-electron chi connectivity index (χ2n) is 6.06. The minimum absolute atomic E-state index is 0.0517. The Bertz CT molecular complexity index is 741. The number of hydrogen-bond acceptors (Lipinski definition) is 4. The van der Waals surface area contributed by atoms with Crippen LogP contribution in [0.15, 0.2) is 42.5 Å². The third kappa shape index (κ3) is 3.71. The van der Waals surface area contributed by atoms with Crippen molar-refractivity contribution in [1.29, 1.82) is 0 Å². The third-order valence-electron chi connectivity index (χ3n) is 4.38. The maximum absolute atomic E-state index is 13.2. The van der Waals surface area contributed by atoms with Crippen LogP contribution in [0.3, 0.4) is 0 Å². The van der Waals surface area contributed by atoms with Gasteiger partial charge >= 0.3 is 0 Å². The summed E-state index contributed by atoms with van der Waals surface area (Å²) in [5.41, 5.74) is 1.60. The molecule has 1 saturated carbocycles. The maximum Gasteiger partial charge on any atom is 0.258 e. The van der Waals surface area contributed by atoms with E-state index in [-0.39, 0.29) is 11.9 Å². The number of amides is 1. The third-order valence-corrected chi connectivity index (χ3v) is 4.38. The molecule has 0 aromatic heterocycles. The van der Waals surface area contributed by atoms with Crippen LogP contribution in [0, 0.1) is 0 Å². The summed E-state index contributed by atoms with van der Waals surface area (Å²) in [6.45, 7) is 0.585. The standard InChI is InChI=1S/C20H23NO4/c1-23-17-12-19(25-3)18(24-2)11-16(17)20(22)21(15-9-10-15)13-14-7-5-4-6-8-14/h4-8,11-12,15H,9-10,13H2,1-3H3. The number of ether oxygens (including phenoxy) is 3. The number of nitrogens with zero attached hydrogens (tertiary/aromatic N) is 1. The van der Waals surface area contributed by atoms with Gasteiger partial charge < -0.3 is 19.1 Å². The van der Waals surface area contributed by atoms with Crippen molar-refractivity contribution in [3.8, 4) is 17.2 Å². The highest BCUT2D eigenvalue weighted by Crippen LogP contribution is 2.37. The van der Waals surface area contributed by atoms with E-state index < -0.39 is 0 Å². The van der Waals surface area contributed by atoms with E-state index in [1.807, 2.05) is 35.2 Å². The van der Waals surface area contributed by atoms with Crippen molar-refractivity contribution >= 4 is 5.91 Å². The van der Waals surface area contributed by atoms with Crippen LogP contribution in [-0.4, -0.2) is 38.2 Å². The Balaban J connectivity index is 1.94. The number of rotatable bonds is 7. The zero-order chi connectivity index (χ0) is 17.8. The highest BCUT2D eigenvalue weighted by atomic mass is 16.5. The van der Waals surface area contributed by atoms with Gasteiger partial charge in [0.1, 0.15) is 5.75 Å². The predicted octanol–water partition coefficient (Wildman–Crippen LogP) is 3.52. The van der Waals surface area contributed by atoms with E-state index in [4.69, 9.17) is 14.2 Å². The molecule has 1 aliphatic carbocycles. The van der Waals surface area contributed by atoms with Crippen molar-refractivity contribution < 1.29 is 19.0 Å². The molecule has 0 spiro atoms. The molecule has 2 aromatic rings. The van der Waals surface area contributed by atoms with E-state index in [2.05, 4.69) is 0 Å². The van der Waals surface area contributed by atoms with Gasteiger partial charge in [-0.15, -0.1) is 0 Å². The van der Waals surface area contributed by atoms with Crippen LogP contribution >= 0.6 is 0 Å². The summed E-state index contributed by atoms with van der Waals surface area (Å²) in [6.07, 6.45) is 2.07. The minimum Gasteiger partial charge on any atom is -0.496 e. The quantitative estimate of drug-likeness (QED) is 0.773. The molecule has 0 atom stereocenters. The summed E-state index contributed by atoms with van der Waals surface area (Å²) in [5, 5.41) is 0. The maximum atomic E-state index is 13.2. The smallest absolute Gasteiger partial charge is 0.258 e. The van der Waals surface area contributed by atoms with E-state index in [0.717, 1.165) is 18.4 Å². The molecular weight excluding hydrogens is 318 g/mol.